The fourth-order valence-electron chi connectivity index (χ4n) is 2.49. The first kappa shape index (κ1) is 17.3. The first-order valence-electron chi connectivity index (χ1n) is 8.03. The smallest absolute Gasteiger partial charge is 0.410 e. The van der Waals surface area contributed by atoms with Crippen molar-refractivity contribution in [1.82, 2.24) is 4.90 Å². The molecule has 1 saturated heterocycles. The predicted molar refractivity (Wildman–Crippen MR) is 87.5 cm³/mol. The molecule has 1 aliphatic rings. The van der Waals surface area contributed by atoms with Gasteiger partial charge in [0.15, 0.2) is 0 Å². The second kappa shape index (κ2) is 7.49. The van der Waals surface area contributed by atoms with Crippen LogP contribution in [-0.2, 0) is 9.53 Å². The Balaban J connectivity index is 1.83. The minimum atomic E-state index is -0.523. The third-order valence-electron chi connectivity index (χ3n) is 3.65. The van der Waals surface area contributed by atoms with Crippen molar-refractivity contribution < 1.29 is 19.1 Å². The standard InChI is InChI=1S/C18H25NO4/c1-18(2,3)23-17(21)19-11-9-16(20)14(13-19)10-12-22-15-7-5-4-6-8-15/h4-8,14H,9-13H2,1-3H3. The molecule has 0 saturated carbocycles. The summed E-state index contributed by atoms with van der Waals surface area (Å²) in [4.78, 5) is 25.8. The van der Waals surface area contributed by atoms with Crippen molar-refractivity contribution in [1.29, 1.82) is 0 Å². The number of carbonyl (C=O) groups is 2. The Morgan fingerprint density at radius 1 is 1.26 bits per heavy atom. The van der Waals surface area contributed by atoms with Crippen molar-refractivity contribution in [2.75, 3.05) is 19.7 Å². The molecule has 1 aromatic rings. The number of Topliss-reactive ketones (excluding diaryl/α,β-unsaturated/α-hetero) is 1. The number of carbonyl (C=O) groups excluding carboxylic acids is 2. The number of nitrogens with zero attached hydrogens (tertiary/aromatic N) is 1. The molecule has 1 atom stereocenters. The molecule has 23 heavy (non-hydrogen) atoms. The Morgan fingerprint density at radius 2 is 1.96 bits per heavy atom. The van der Waals surface area contributed by atoms with Gasteiger partial charge >= 0.3 is 6.09 Å². The van der Waals surface area contributed by atoms with E-state index in [1.54, 1.807) is 4.90 Å². The zero-order chi connectivity index (χ0) is 16.9. The predicted octanol–water partition coefficient (Wildman–Crippen LogP) is 3.28. The third kappa shape index (κ3) is 5.58. The maximum Gasteiger partial charge on any atom is 0.410 e. The highest BCUT2D eigenvalue weighted by molar-refractivity contribution is 5.84. The van der Waals surface area contributed by atoms with E-state index in [9.17, 15) is 9.59 Å². The molecule has 0 aliphatic carbocycles. The summed E-state index contributed by atoms with van der Waals surface area (Å²) < 4.78 is 11.0. The lowest BCUT2D eigenvalue weighted by Crippen LogP contribution is -2.46. The van der Waals surface area contributed by atoms with Crippen molar-refractivity contribution in [3.63, 3.8) is 0 Å². The van der Waals surface area contributed by atoms with Gasteiger partial charge in [-0.25, -0.2) is 4.79 Å². The van der Waals surface area contributed by atoms with E-state index in [1.165, 1.54) is 0 Å². The van der Waals surface area contributed by atoms with Gasteiger partial charge < -0.3 is 14.4 Å². The van der Waals surface area contributed by atoms with Gasteiger partial charge in [-0.3, -0.25) is 4.79 Å². The SMILES string of the molecule is CC(C)(C)OC(=O)N1CCC(=O)C(CCOc2ccccc2)C1. The Bertz CT molecular complexity index is 536. The normalized spacial score (nSPS) is 18.7. The maximum absolute atomic E-state index is 12.1. The number of piperidine rings is 1. The van der Waals surface area contributed by atoms with Crippen LogP contribution in [0.25, 0.3) is 0 Å². The second-order valence-electron chi connectivity index (χ2n) is 6.79. The topological polar surface area (TPSA) is 55.8 Å². The summed E-state index contributed by atoms with van der Waals surface area (Å²) in [5.74, 6) is 0.807. The number of ketones is 1. The molecule has 5 heteroatoms. The molecule has 0 spiro atoms. The van der Waals surface area contributed by atoms with E-state index in [2.05, 4.69) is 0 Å². The largest absolute Gasteiger partial charge is 0.494 e. The number of hydrogen-bond donors (Lipinski definition) is 0. The molecular weight excluding hydrogens is 294 g/mol. The molecule has 1 heterocycles. The zero-order valence-electron chi connectivity index (χ0n) is 14.1. The number of para-hydroxylation sites is 1. The van der Waals surface area contributed by atoms with E-state index in [-0.39, 0.29) is 17.8 Å². The fraction of sp³-hybridized carbons (Fsp3) is 0.556. The van der Waals surface area contributed by atoms with E-state index < -0.39 is 5.60 Å². The van der Waals surface area contributed by atoms with Crippen LogP contribution in [0.1, 0.15) is 33.6 Å². The van der Waals surface area contributed by atoms with Gasteiger partial charge in [0.05, 0.1) is 6.61 Å². The van der Waals surface area contributed by atoms with Crippen LogP contribution in [-0.4, -0.2) is 42.1 Å². The van der Waals surface area contributed by atoms with Gasteiger partial charge in [-0.2, -0.15) is 0 Å². The average molecular weight is 319 g/mol. The fourth-order valence-corrected chi connectivity index (χ4v) is 2.49. The molecule has 0 aromatic heterocycles. The number of benzene rings is 1. The van der Waals surface area contributed by atoms with E-state index in [1.807, 2.05) is 51.1 Å². The second-order valence-corrected chi connectivity index (χ2v) is 6.79. The molecule has 1 aromatic carbocycles. The summed E-state index contributed by atoms with van der Waals surface area (Å²) >= 11 is 0. The monoisotopic (exact) mass is 319 g/mol. The highest BCUT2D eigenvalue weighted by Gasteiger charge is 2.32. The van der Waals surface area contributed by atoms with E-state index in [0.29, 0.717) is 32.5 Å². The minimum Gasteiger partial charge on any atom is -0.494 e. The molecule has 0 N–H and O–H groups in total. The Morgan fingerprint density at radius 3 is 2.61 bits per heavy atom. The molecule has 1 aliphatic heterocycles. The van der Waals surface area contributed by atoms with Crippen molar-refractivity contribution in [3.05, 3.63) is 30.3 Å². The summed E-state index contributed by atoms with van der Waals surface area (Å²) in [5.41, 5.74) is -0.523. The summed E-state index contributed by atoms with van der Waals surface area (Å²) in [5, 5.41) is 0. The summed E-state index contributed by atoms with van der Waals surface area (Å²) in [6.45, 7) is 6.82. The molecular formula is C18H25NO4. The Hall–Kier alpha value is -2.04. The van der Waals surface area contributed by atoms with Crippen molar-refractivity contribution >= 4 is 11.9 Å². The first-order valence-corrected chi connectivity index (χ1v) is 8.03. The van der Waals surface area contributed by atoms with Crippen LogP contribution in [0, 0.1) is 5.92 Å². The number of rotatable bonds is 4. The molecule has 0 radical (unpaired) electrons. The van der Waals surface area contributed by atoms with Gasteiger partial charge in [0.1, 0.15) is 17.1 Å². The van der Waals surface area contributed by atoms with Crippen LogP contribution in [0.2, 0.25) is 0 Å². The molecule has 1 amide bonds. The molecule has 2 rings (SSSR count). The quantitative estimate of drug-likeness (QED) is 0.854. The van der Waals surface area contributed by atoms with E-state index in [4.69, 9.17) is 9.47 Å². The molecule has 1 fully saturated rings. The molecule has 1 unspecified atom stereocenters. The lowest BCUT2D eigenvalue weighted by atomic mass is 9.94. The van der Waals surface area contributed by atoms with Crippen LogP contribution in [0.15, 0.2) is 30.3 Å². The third-order valence-corrected chi connectivity index (χ3v) is 3.65. The molecule has 0 bridgehead atoms. The van der Waals surface area contributed by atoms with Gasteiger partial charge in [-0.1, -0.05) is 18.2 Å². The number of likely N-dealkylation sites (tertiary alicyclic amines) is 1. The summed E-state index contributed by atoms with van der Waals surface area (Å²) in [6.07, 6.45) is 0.640. The van der Waals surface area contributed by atoms with Gasteiger partial charge in [0.2, 0.25) is 0 Å². The van der Waals surface area contributed by atoms with E-state index in [0.717, 1.165) is 5.75 Å². The van der Waals surface area contributed by atoms with Gasteiger partial charge in [0.25, 0.3) is 0 Å². The zero-order valence-corrected chi connectivity index (χ0v) is 14.1. The summed E-state index contributed by atoms with van der Waals surface area (Å²) in [6, 6.07) is 9.51. The highest BCUT2D eigenvalue weighted by atomic mass is 16.6. The van der Waals surface area contributed by atoms with Crippen molar-refractivity contribution in [2.45, 2.75) is 39.2 Å². The van der Waals surface area contributed by atoms with Crippen LogP contribution >= 0.6 is 0 Å². The molecule has 126 valence electrons. The Kier molecular flexibility index (Phi) is 5.64. The number of amides is 1. The highest BCUT2D eigenvalue weighted by Crippen LogP contribution is 2.20. The lowest BCUT2D eigenvalue weighted by Gasteiger charge is -2.33. The van der Waals surface area contributed by atoms with Crippen molar-refractivity contribution in [3.8, 4) is 5.75 Å². The van der Waals surface area contributed by atoms with Crippen molar-refractivity contribution in [2.24, 2.45) is 5.92 Å². The summed E-state index contributed by atoms with van der Waals surface area (Å²) in [7, 11) is 0. The first-order chi connectivity index (χ1) is 10.8. The van der Waals surface area contributed by atoms with E-state index >= 15 is 0 Å². The van der Waals surface area contributed by atoms with Crippen LogP contribution < -0.4 is 4.74 Å². The maximum atomic E-state index is 12.1. The minimum absolute atomic E-state index is 0.181. The van der Waals surface area contributed by atoms with Gasteiger partial charge in [-0.05, 0) is 39.3 Å². The lowest BCUT2D eigenvalue weighted by molar-refractivity contribution is -0.126. The average Bonchev–Trinajstić information content (AvgIpc) is 2.48. The number of hydrogen-bond acceptors (Lipinski definition) is 4. The number of ether oxygens (including phenoxy) is 2. The molecule has 5 nitrogen and oxygen atoms in total. The van der Waals surface area contributed by atoms with Crippen LogP contribution in [0.4, 0.5) is 4.79 Å². The van der Waals surface area contributed by atoms with Gasteiger partial charge in [0, 0.05) is 25.4 Å². The Labute approximate surface area is 137 Å². The van der Waals surface area contributed by atoms with Crippen LogP contribution in [0.5, 0.6) is 5.75 Å². The van der Waals surface area contributed by atoms with Gasteiger partial charge in [-0.15, -0.1) is 0 Å². The van der Waals surface area contributed by atoms with Crippen LogP contribution in [0.3, 0.4) is 0 Å².